The molecule has 0 saturated carbocycles. The standard InChI is InChI=1S/C16H16N2O3S/c1-11(19)22-9-12-6-16(20)18(8-12)14-5-3-2-4-13(14)15-7-17-10-21-15/h2-5,7,10,12H,6,8-9H2,1H3. The highest BCUT2D eigenvalue weighted by Gasteiger charge is 2.32. The van der Waals surface area contributed by atoms with E-state index < -0.39 is 0 Å². The maximum Gasteiger partial charge on any atom is 0.227 e. The van der Waals surface area contributed by atoms with Crippen molar-refractivity contribution in [2.45, 2.75) is 13.3 Å². The van der Waals surface area contributed by atoms with E-state index in [1.165, 1.54) is 18.2 Å². The van der Waals surface area contributed by atoms with Crippen LogP contribution in [0.15, 0.2) is 41.3 Å². The number of amides is 1. The molecule has 6 heteroatoms. The van der Waals surface area contributed by atoms with Crippen LogP contribution in [0.2, 0.25) is 0 Å². The molecular formula is C16H16N2O3S. The van der Waals surface area contributed by atoms with E-state index in [-0.39, 0.29) is 16.9 Å². The van der Waals surface area contributed by atoms with Crippen LogP contribution in [0.5, 0.6) is 0 Å². The Hall–Kier alpha value is -2.08. The summed E-state index contributed by atoms with van der Waals surface area (Å²) in [6, 6.07) is 7.64. The van der Waals surface area contributed by atoms with Gasteiger partial charge in [0.15, 0.2) is 17.3 Å². The number of rotatable bonds is 4. The van der Waals surface area contributed by atoms with Gasteiger partial charge in [-0.3, -0.25) is 9.59 Å². The zero-order chi connectivity index (χ0) is 15.5. The van der Waals surface area contributed by atoms with Gasteiger partial charge in [-0.05, 0) is 18.1 Å². The van der Waals surface area contributed by atoms with Crippen LogP contribution in [-0.4, -0.2) is 28.3 Å². The zero-order valence-corrected chi connectivity index (χ0v) is 13.0. The lowest BCUT2D eigenvalue weighted by molar-refractivity contribution is -0.117. The number of nitrogens with zero attached hydrogens (tertiary/aromatic N) is 2. The summed E-state index contributed by atoms with van der Waals surface area (Å²) in [6.07, 6.45) is 3.50. The van der Waals surface area contributed by atoms with Crippen molar-refractivity contribution in [2.75, 3.05) is 17.2 Å². The third kappa shape index (κ3) is 3.06. The van der Waals surface area contributed by atoms with Crippen molar-refractivity contribution in [1.82, 2.24) is 4.98 Å². The molecule has 1 aliphatic heterocycles. The molecule has 5 nitrogen and oxygen atoms in total. The van der Waals surface area contributed by atoms with Gasteiger partial charge in [-0.2, -0.15) is 0 Å². The second-order valence-corrected chi connectivity index (χ2v) is 6.46. The molecule has 0 N–H and O–H groups in total. The summed E-state index contributed by atoms with van der Waals surface area (Å²) in [6.45, 7) is 2.18. The fraction of sp³-hybridized carbons (Fsp3) is 0.312. The Morgan fingerprint density at radius 1 is 1.45 bits per heavy atom. The smallest absolute Gasteiger partial charge is 0.227 e. The SMILES string of the molecule is CC(=O)SCC1CC(=O)N(c2ccccc2-c2cnco2)C1. The Labute approximate surface area is 132 Å². The largest absolute Gasteiger partial charge is 0.443 e. The van der Waals surface area contributed by atoms with Gasteiger partial charge in [0.2, 0.25) is 5.91 Å². The van der Waals surface area contributed by atoms with Gasteiger partial charge in [0.1, 0.15) is 0 Å². The average Bonchev–Trinajstić information content (AvgIpc) is 3.14. The van der Waals surface area contributed by atoms with Gasteiger partial charge in [-0.25, -0.2) is 4.98 Å². The number of hydrogen-bond donors (Lipinski definition) is 0. The molecule has 1 atom stereocenters. The minimum atomic E-state index is 0.0844. The molecule has 0 aliphatic carbocycles. The molecule has 1 amide bonds. The molecule has 1 saturated heterocycles. The van der Waals surface area contributed by atoms with Crippen molar-refractivity contribution in [3.63, 3.8) is 0 Å². The maximum absolute atomic E-state index is 12.3. The molecule has 3 rings (SSSR count). The Kier molecular flexibility index (Phi) is 4.29. The van der Waals surface area contributed by atoms with E-state index in [1.807, 2.05) is 24.3 Å². The van der Waals surface area contributed by atoms with Crippen molar-refractivity contribution in [3.8, 4) is 11.3 Å². The number of thioether (sulfide) groups is 1. The molecule has 1 fully saturated rings. The first-order valence-electron chi connectivity index (χ1n) is 7.07. The monoisotopic (exact) mass is 316 g/mol. The molecule has 1 aromatic carbocycles. The van der Waals surface area contributed by atoms with Crippen molar-refractivity contribution >= 4 is 28.5 Å². The molecule has 2 heterocycles. The van der Waals surface area contributed by atoms with Gasteiger partial charge < -0.3 is 9.32 Å². The minimum absolute atomic E-state index is 0.0844. The molecule has 0 spiro atoms. The van der Waals surface area contributed by atoms with E-state index in [0.29, 0.717) is 24.5 Å². The summed E-state index contributed by atoms with van der Waals surface area (Å²) in [5, 5.41) is 0.0907. The first kappa shape index (κ1) is 14.8. The van der Waals surface area contributed by atoms with Crippen molar-refractivity contribution in [3.05, 3.63) is 36.9 Å². The van der Waals surface area contributed by atoms with Gasteiger partial charge in [0.05, 0.1) is 11.9 Å². The molecule has 0 bridgehead atoms. The maximum atomic E-state index is 12.3. The number of aromatic nitrogens is 1. The second kappa shape index (κ2) is 6.36. The van der Waals surface area contributed by atoms with E-state index >= 15 is 0 Å². The normalized spacial score (nSPS) is 18.0. The Balaban J connectivity index is 1.83. The summed E-state index contributed by atoms with van der Waals surface area (Å²) in [4.78, 5) is 29.1. The molecule has 22 heavy (non-hydrogen) atoms. The molecular weight excluding hydrogens is 300 g/mol. The van der Waals surface area contributed by atoms with Crippen LogP contribution < -0.4 is 4.90 Å². The fourth-order valence-corrected chi connectivity index (χ4v) is 3.32. The number of anilines is 1. The number of carbonyl (C=O) groups excluding carboxylic acids is 2. The molecule has 2 aromatic rings. The average molecular weight is 316 g/mol. The fourth-order valence-electron chi connectivity index (χ4n) is 2.63. The lowest BCUT2D eigenvalue weighted by Gasteiger charge is -2.19. The van der Waals surface area contributed by atoms with Gasteiger partial charge in [-0.1, -0.05) is 23.9 Å². The predicted molar refractivity (Wildman–Crippen MR) is 85.5 cm³/mol. The highest BCUT2D eigenvalue weighted by Crippen LogP contribution is 2.35. The van der Waals surface area contributed by atoms with Gasteiger partial charge in [0, 0.05) is 31.2 Å². The van der Waals surface area contributed by atoms with E-state index in [2.05, 4.69) is 4.98 Å². The third-order valence-corrected chi connectivity index (χ3v) is 4.66. The van der Waals surface area contributed by atoms with Crippen LogP contribution in [0.3, 0.4) is 0 Å². The molecule has 1 aliphatic rings. The molecule has 1 unspecified atom stereocenters. The van der Waals surface area contributed by atoms with Crippen LogP contribution >= 0.6 is 11.8 Å². The number of benzene rings is 1. The number of oxazole rings is 1. The first-order valence-corrected chi connectivity index (χ1v) is 8.05. The van der Waals surface area contributed by atoms with Crippen molar-refractivity contribution in [2.24, 2.45) is 5.92 Å². The summed E-state index contributed by atoms with van der Waals surface area (Å²) in [5.74, 6) is 1.61. The zero-order valence-electron chi connectivity index (χ0n) is 12.2. The number of hydrogen-bond acceptors (Lipinski definition) is 5. The molecule has 114 valence electrons. The Morgan fingerprint density at radius 2 is 2.27 bits per heavy atom. The van der Waals surface area contributed by atoms with E-state index in [0.717, 1.165) is 11.3 Å². The third-order valence-electron chi connectivity index (χ3n) is 3.62. The highest BCUT2D eigenvalue weighted by atomic mass is 32.2. The summed E-state index contributed by atoms with van der Waals surface area (Å²) < 4.78 is 5.36. The van der Waals surface area contributed by atoms with E-state index in [9.17, 15) is 9.59 Å². The van der Waals surface area contributed by atoms with Gasteiger partial charge >= 0.3 is 0 Å². The van der Waals surface area contributed by atoms with Crippen LogP contribution in [0.4, 0.5) is 5.69 Å². The van der Waals surface area contributed by atoms with Gasteiger partial charge in [0.25, 0.3) is 0 Å². The first-order chi connectivity index (χ1) is 10.6. The van der Waals surface area contributed by atoms with E-state index in [4.69, 9.17) is 4.42 Å². The van der Waals surface area contributed by atoms with Gasteiger partial charge in [-0.15, -0.1) is 0 Å². The summed E-state index contributed by atoms with van der Waals surface area (Å²) in [7, 11) is 0. The van der Waals surface area contributed by atoms with Crippen molar-refractivity contribution in [1.29, 1.82) is 0 Å². The van der Waals surface area contributed by atoms with E-state index in [1.54, 1.807) is 18.0 Å². The Morgan fingerprint density at radius 3 is 3.00 bits per heavy atom. The topological polar surface area (TPSA) is 63.4 Å². The second-order valence-electron chi connectivity index (χ2n) is 5.26. The highest BCUT2D eigenvalue weighted by molar-refractivity contribution is 8.13. The summed E-state index contributed by atoms with van der Waals surface area (Å²) >= 11 is 1.28. The van der Waals surface area contributed by atoms with Crippen LogP contribution in [0.1, 0.15) is 13.3 Å². The van der Waals surface area contributed by atoms with Crippen LogP contribution in [0.25, 0.3) is 11.3 Å². The van der Waals surface area contributed by atoms with Crippen LogP contribution in [-0.2, 0) is 9.59 Å². The lowest BCUT2D eigenvalue weighted by atomic mass is 10.1. The molecule has 1 aromatic heterocycles. The van der Waals surface area contributed by atoms with Crippen molar-refractivity contribution < 1.29 is 14.0 Å². The predicted octanol–water partition coefficient (Wildman–Crippen LogP) is 2.97. The lowest BCUT2D eigenvalue weighted by Crippen LogP contribution is -2.25. The number of carbonyl (C=O) groups is 2. The Bertz CT molecular complexity index is 684. The minimum Gasteiger partial charge on any atom is -0.443 e. The quantitative estimate of drug-likeness (QED) is 0.867. The number of para-hydroxylation sites is 1. The molecule has 0 radical (unpaired) electrons. The van der Waals surface area contributed by atoms with Crippen LogP contribution in [0, 0.1) is 5.92 Å². The summed E-state index contributed by atoms with van der Waals surface area (Å²) in [5.41, 5.74) is 1.69.